The number of aromatic nitrogens is 1. The van der Waals surface area contributed by atoms with Gasteiger partial charge < -0.3 is 4.74 Å². The number of carbonyl (C=O) groups is 1. The van der Waals surface area contributed by atoms with E-state index in [0.717, 1.165) is 24.1 Å². The molecule has 0 saturated carbocycles. The average molecular weight is 309 g/mol. The Morgan fingerprint density at radius 1 is 1.40 bits per heavy atom. The second-order valence-electron chi connectivity index (χ2n) is 4.54. The van der Waals surface area contributed by atoms with E-state index in [-0.39, 0.29) is 12.0 Å². The van der Waals surface area contributed by atoms with Gasteiger partial charge in [-0.1, -0.05) is 23.7 Å². The summed E-state index contributed by atoms with van der Waals surface area (Å²) in [6.07, 6.45) is 1.38. The first-order chi connectivity index (χ1) is 9.72. The van der Waals surface area contributed by atoms with Crippen LogP contribution in [0.15, 0.2) is 29.6 Å². The Bertz CT molecular complexity index is 606. The average Bonchev–Trinajstić information content (AvgIpc) is 3.10. The quantitative estimate of drug-likeness (QED) is 0.943. The van der Waals surface area contributed by atoms with Gasteiger partial charge in [0.05, 0.1) is 5.69 Å². The molecule has 3 rings (SSSR count). The number of benzene rings is 1. The summed E-state index contributed by atoms with van der Waals surface area (Å²) in [7, 11) is 0. The van der Waals surface area contributed by atoms with Crippen molar-refractivity contribution in [3.63, 3.8) is 0 Å². The van der Waals surface area contributed by atoms with E-state index in [9.17, 15) is 4.79 Å². The van der Waals surface area contributed by atoms with Crippen LogP contribution in [0.3, 0.4) is 0 Å². The van der Waals surface area contributed by atoms with Gasteiger partial charge in [0.15, 0.2) is 5.13 Å². The maximum absolute atomic E-state index is 11.9. The highest BCUT2D eigenvalue weighted by Gasteiger charge is 2.24. The zero-order valence-corrected chi connectivity index (χ0v) is 12.2. The van der Waals surface area contributed by atoms with Crippen molar-refractivity contribution in [1.29, 1.82) is 0 Å². The first kappa shape index (κ1) is 13.5. The molecule has 1 aliphatic rings. The van der Waals surface area contributed by atoms with E-state index >= 15 is 0 Å². The van der Waals surface area contributed by atoms with Crippen molar-refractivity contribution in [3.05, 3.63) is 34.7 Å². The molecule has 0 bridgehead atoms. The van der Waals surface area contributed by atoms with E-state index in [1.54, 1.807) is 0 Å². The SMILES string of the molecule is O=C(Nc1nc(-c2ccc(Cl)cc2)cs1)[C@H]1CCCO1. The molecule has 0 spiro atoms. The van der Waals surface area contributed by atoms with Crippen LogP contribution in [0.1, 0.15) is 12.8 Å². The minimum Gasteiger partial charge on any atom is -0.368 e. The molecule has 4 nitrogen and oxygen atoms in total. The number of carbonyl (C=O) groups excluding carboxylic acids is 1. The third-order valence-corrected chi connectivity index (χ3v) is 4.11. The van der Waals surface area contributed by atoms with E-state index < -0.39 is 0 Å². The molecule has 1 aliphatic heterocycles. The molecular formula is C14H13ClN2O2S. The minimum atomic E-state index is -0.335. The summed E-state index contributed by atoms with van der Waals surface area (Å²) >= 11 is 7.26. The van der Waals surface area contributed by atoms with Crippen molar-refractivity contribution in [2.24, 2.45) is 0 Å². The molecule has 1 aromatic heterocycles. The summed E-state index contributed by atoms with van der Waals surface area (Å²) < 4.78 is 5.34. The molecule has 20 heavy (non-hydrogen) atoms. The number of anilines is 1. The highest BCUT2D eigenvalue weighted by atomic mass is 35.5. The monoisotopic (exact) mass is 308 g/mol. The second kappa shape index (κ2) is 5.91. The molecule has 0 aliphatic carbocycles. The zero-order valence-electron chi connectivity index (χ0n) is 10.6. The van der Waals surface area contributed by atoms with Crippen molar-refractivity contribution in [1.82, 2.24) is 4.98 Å². The predicted molar refractivity (Wildman–Crippen MR) is 80.2 cm³/mol. The fraction of sp³-hybridized carbons (Fsp3) is 0.286. The molecule has 1 amide bonds. The Hall–Kier alpha value is -1.43. The van der Waals surface area contributed by atoms with Crippen molar-refractivity contribution in [2.45, 2.75) is 18.9 Å². The van der Waals surface area contributed by atoms with Gasteiger partial charge in [0, 0.05) is 22.6 Å². The molecule has 1 saturated heterocycles. The lowest BCUT2D eigenvalue weighted by molar-refractivity contribution is -0.124. The number of hydrogen-bond donors (Lipinski definition) is 1. The Morgan fingerprint density at radius 3 is 2.90 bits per heavy atom. The van der Waals surface area contributed by atoms with Gasteiger partial charge >= 0.3 is 0 Å². The molecule has 2 aromatic rings. The largest absolute Gasteiger partial charge is 0.368 e. The minimum absolute atomic E-state index is 0.112. The summed E-state index contributed by atoms with van der Waals surface area (Å²) in [4.78, 5) is 16.3. The van der Waals surface area contributed by atoms with Gasteiger partial charge in [-0.15, -0.1) is 11.3 Å². The third kappa shape index (κ3) is 3.00. The molecule has 1 atom stereocenters. The van der Waals surface area contributed by atoms with Crippen molar-refractivity contribution < 1.29 is 9.53 Å². The van der Waals surface area contributed by atoms with Crippen LogP contribution in [0.5, 0.6) is 0 Å². The molecule has 1 N–H and O–H groups in total. The number of halogens is 1. The van der Waals surface area contributed by atoms with Crippen LogP contribution in [0.4, 0.5) is 5.13 Å². The van der Waals surface area contributed by atoms with Gasteiger partial charge in [0.2, 0.25) is 0 Å². The normalized spacial score (nSPS) is 18.1. The Kier molecular flexibility index (Phi) is 4.00. The van der Waals surface area contributed by atoms with Crippen LogP contribution >= 0.6 is 22.9 Å². The maximum Gasteiger partial charge on any atom is 0.255 e. The van der Waals surface area contributed by atoms with Crippen LogP contribution in [0, 0.1) is 0 Å². The van der Waals surface area contributed by atoms with E-state index in [1.807, 2.05) is 29.6 Å². The van der Waals surface area contributed by atoms with Gasteiger partial charge in [-0.3, -0.25) is 10.1 Å². The Morgan fingerprint density at radius 2 is 2.20 bits per heavy atom. The smallest absolute Gasteiger partial charge is 0.255 e. The number of amides is 1. The number of ether oxygens (including phenoxy) is 1. The third-order valence-electron chi connectivity index (χ3n) is 3.10. The standard InChI is InChI=1S/C14H13ClN2O2S/c15-10-5-3-9(4-6-10)11-8-20-14(16-11)17-13(18)12-2-1-7-19-12/h3-6,8,12H,1-2,7H2,(H,16,17,18)/t12-/m1/s1. The summed E-state index contributed by atoms with van der Waals surface area (Å²) in [5.41, 5.74) is 1.80. The number of nitrogens with one attached hydrogen (secondary N) is 1. The lowest BCUT2D eigenvalue weighted by Gasteiger charge is -2.07. The fourth-order valence-electron chi connectivity index (χ4n) is 2.05. The lowest BCUT2D eigenvalue weighted by Crippen LogP contribution is -2.26. The van der Waals surface area contributed by atoms with Crippen LogP contribution < -0.4 is 5.32 Å². The van der Waals surface area contributed by atoms with Crippen molar-refractivity contribution in [2.75, 3.05) is 11.9 Å². The molecule has 1 aromatic carbocycles. The topological polar surface area (TPSA) is 51.2 Å². The van der Waals surface area contributed by atoms with Gasteiger partial charge in [-0.25, -0.2) is 4.98 Å². The second-order valence-corrected chi connectivity index (χ2v) is 5.83. The van der Waals surface area contributed by atoms with Gasteiger partial charge in [-0.05, 0) is 25.0 Å². The predicted octanol–water partition coefficient (Wildman–Crippen LogP) is 3.58. The van der Waals surface area contributed by atoms with Crippen LogP contribution in [0.2, 0.25) is 5.02 Å². The summed E-state index contributed by atoms with van der Waals surface area (Å²) in [5.74, 6) is -0.112. The first-order valence-corrected chi connectivity index (χ1v) is 7.62. The zero-order chi connectivity index (χ0) is 13.9. The van der Waals surface area contributed by atoms with Crippen molar-refractivity contribution in [3.8, 4) is 11.3 Å². The molecule has 1 fully saturated rings. The Balaban J connectivity index is 1.70. The summed E-state index contributed by atoms with van der Waals surface area (Å²) in [6, 6.07) is 7.45. The molecule has 0 unspecified atom stereocenters. The van der Waals surface area contributed by atoms with Gasteiger partial charge in [-0.2, -0.15) is 0 Å². The number of rotatable bonds is 3. The molecule has 104 valence electrons. The van der Waals surface area contributed by atoms with E-state index in [0.29, 0.717) is 16.8 Å². The van der Waals surface area contributed by atoms with Crippen LogP contribution in [-0.4, -0.2) is 23.6 Å². The molecule has 2 heterocycles. The number of nitrogens with zero attached hydrogens (tertiary/aromatic N) is 1. The summed E-state index contributed by atoms with van der Waals surface area (Å²) in [6.45, 7) is 0.659. The van der Waals surface area contributed by atoms with Gasteiger partial charge in [0.1, 0.15) is 6.10 Å². The molecular weight excluding hydrogens is 296 g/mol. The van der Waals surface area contributed by atoms with E-state index in [4.69, 9.17) is 16.3 Å². The van der Waals surface area contributed by atoms with Crippen molar-refractivity contribution >= 4 is 34.0 Å². The molecule has 0 radical (unpaired) electrons. The van der Waals surface area contributed by atoms with Gasteiger partial charge in [0.25, 0.3) is 5.91 Å². The lowest BCUT2D eigenvalue weighted by atomic mass is 10.2. The molecule has 6 heteroatoms. The highest BCUT2D eigenvalue weighted by Crippen LogP contribution is 2.26. The fourth-order valence-corrected chi connectivity index (χ4v) is 2.90. The van der Waals surface area contributed by atoms with E-state index in [1.165, 1.54) is 11.3 Å². The summed E-state index contributed by atoms with van der Waals surface area (Å²) in [5, 5.41) is 6.00. The maximum atomic E-state index is 11.9. The first-order valence-electron chi connectivity index (χ1n) is 6.36. The van der Waals surface area contributed by atoms with E-state index in [2.05, 4.69) is 10.3 Å². The highest BCUT2D eigenvalue weighted by molar-refractivity contribution is 7.14. The number of hydrogen-bond acceptors (Lipinski definition) is 4. The van der Waals surface area contributed by atoms with Crippen LogP contribution in [-0.2, 0) is 9.53 Å². The van der Waals surface area contributed by atoms with Crippen LogP contribution in [0.25, 0.3) is 11.3 Å². The Labute approximate surface area is 125 Å². The number of thiazole rings is 1.